The second-order valence-electron chi connectivity index (χ2n) is 17.6. The smallest absolute Gasteiger partial charge is 0.416 e. The number of carbonyl (C=O) groups is 3. The predicted molar refractivity (Wildman–Crippen MR) is 223 cm³/mol. The molecule has 13 nitrogen and oxygen atoms in total. The fourth-order valence-electron chi connectivity index (χ4n) is 7.13. The van der Waals surface area contributed by atoms with E-state index in [9.17, 15) is 36.7 Å². The molecule has 2 aromatic carbocycles. The average Bonchev–Trinajstić information content (AvgIpc) is 3.42. The van der Waals surface area contributed by atoms with Crippen LogP contribution in [0, 0.1) is 25.5 Å². The molecule has 1 aliphatic heterocycles. The van der Waals surface area contributed by atoms with E-state index in [1.54, 1.807) is 46.6 Å². The first-order valence-electron chi connectivity index (χ1n) is 20.5. The Labute approximate surface area is 366 Å². The summed E-state index contributed by atoms with van der Waals surface area (Å²) in [5.74, 6) is -3.88. The Balaban J connectivity index is 1.61. The summed E-state index contributed by atoms with van der Waals surface area (Å²) >= 11 is 0. The second kappa shape index (κ2) is 19.1. The third-order valence-corrected chi connectivity index (χ3v) is 10.1. The Morgan fingerprint density at radius 1 is 0.938 bits per heavy atom. The minimum atomic E-state index is -4.97. The summed E-state index contributed by atoms with van der Waals surface area (Å²) in [4.78, 5) is 54.8. The molecule has 2 atom stereocenters. The second-order valence-corrected chi connectivity index (χ2v) is 17.6. The third kappa shape index (κ3) is 12.0. The zero-order valence-corrected chi connectivity index (χ0v) is 37.3. The van der Waals surface area contributed by atoms with Crippen LogP contribution in [0.3, 0.4) is 0 Å². The van der Waals surface area contributed by atoms with Gasteiger partial charge in [-0.15, -0.1) is 5.10 Å². The highest BCUT2D eigenvalue weighted by Crippen LogP contribution is 2.40. The number of carbonyl (C=O) groups excluding carboxylic acids is 3. The lowest BCUT2D eigenvalue weighted by Crippen LogP contribution is -2.49. The molecule has 0 radical (unpaired) electrons. The maximum Gasteiger partial charge on any atom is 0.416 e. The van der Waals surface area contributed by atoms with Crippen LogP contribution in [-0.4, -0.2) is 80.9 Å². The number of halogens is 6. The van der Waals surface area contributed by atoms with Crippen molar-refractivity contribution in [2.45, 2.75) is 111 Å². The molecule has 64 heavy (non-hydrogen) atoms. The summed E-state index contributed by atoms with van der Waals surface area (Å²) in [6, 6.07) is 3.24. The molecule has 4 aromatic rings. The van der Waals surface area contributed by atoms with Crippen LogP contribution < -0.4 is 15.6 Å². The molecule has 1 amide bonds. The number of benzene rings is 2. The minimum Gasteiger partial charge on any atom is -0.466 e. The van der Waals surface area contributed by atoms with E-state index in [1.165, 1.54) is 50.6 Å². The molecule has 1 N–H and O–H groups in total. The molecule has 0 spiro atoms. The third-order valence-electron chi connectivity index (χ3n) is 10.1. The standard InChI is InChI=1S/C45H53F6N5O8/c1-11-61-36(58)20-34(52-42(60)64-44(7,8)9)31-17-27(16-24(2)38(31)48)37-25(3)54(10)53-40(37)62-29-12-13-33(47)30(18-29)39(41(59)63-43(4,5)6)56-21-26(14-15-55-22-28(46)23-55)32(19-35(56)57)45(49,50)51/h12-13,16-19,21,28,34,39H,11,14-15,20,22-23H2,1-10H3,(H,52,60)/t34-,39?/m0/s1. The molecule has 1 aliphatic rings. The van der Waals surface area contributed by atoms with Gasteiger partial charge >= 0.3 is 24.2 Å². The number of aryl methyl sites for hydroxylation is 2. The fourth-order valence-corrected chi connectivity index (χ4v) is 7.13. The van der Waals surface area contributed by atoms with E-state index in [0.29, 0.717) is 27.5 Å². The lowest BCUT2D eigenvalue weighted by molar-refractivity contribution is -0.157. The molecular formula is C45H53F6N5O8. The van der Waals surface area contributed by atoms with Gasteiger partial charge in [0.25, 0.3) is 5.56 Å². The number of pyridine rings is 1. The van der Waals surface area contributed by atoms with Crippen molar-refractivity contribution in [2.24, 2.45) is 7.05 Å². The summed E-state index contributed by atoms with van der Waals surface area (Å²) in [5.41, 5.74) is -4.38. The van der Waals surface area contributed by atoms with Gasteiger partial charge in [0.05, 0.1) is 30.2 Å². The summed E-state index contributed by atoms with van der Waals surface area (Å²) in [6.45, 7) is 14.3. The van der Waals surface area contributed by atoms with Crippen molar-refractivity contribution in [1.82, 2.24) is 24.6 Å². The number of esters is 2. The molecule has 348 valence electrons. The molecule has 5 rings (SSSR count). The molecule has 0 saturated carbocycles. The Morgan fingerprint density at radius 3 is 2.19 bits per heavy atom. The van der Waals surface area contributed by atoms with Crippen LogP contribution in [-0.2, 0) is 43.4 Å². The molecule has 1 unspecified atom stereocenters. The molecule has 1 fully saturated rings. The van der Waals surface area contributed by atoms with Crippen LogP contribution in [0.2, 0.25) is 0 Å². The number of rotatable bonds is 14. The van der Waals surface area contributed by atoms with Gasteiger partial charge in [-0.05, 0) is 116 Å². The largest absolute Gasteiger partial charge is 0.466 e. The van der Waals surface area contributed by atoms with Gasteiger partial charge in [-0.2, -0.15) is 13.2 Å². The van der Waals surface area contributed by atoms with E-state index < -0.39 is 88.4 Å². The first kappa shape index (κ1) is 49.2. The van der Waals surface area contributed by atoms with E-state index in [-0.39, 0.29) is 61.0 Å². The number of likely N-dealkylation sites (tertiary alicyclic amines) is 1. The average molecular weight is 906 g/mol. The van der Waals surface area contributed by atoms with E-state index in [0.717, 1.165) is 18.3 Å². The van der Waals surface area contributed by atoms with Crippen LogP contribution in [0.5, 0.6) is 11.6 Å². The van der Waals surface area contributed by atoms with Gasteiger partial charge in [0.2, 0.25) is 5.88 Å². The number of nitrogens with one attached hydrogen (secondary N) is 1. The quantitative estimate of drug-likeness (QED) is 0.0743. The predicted octanol–water partition coefficient (Wildman–Crippen LogP) is 8.60. The lowest BCUT2D eigenvalue weighted by Gasteiger charge is -2.34. The SMILES string of the molecule is CCOC(=O)C[C@H](NC(=O)OC(C)(C)C)c1cc(-c2c(Oc3ccc(F)c(C(C(=O)OC(C)(C)C)n4cc(CCN5CC(F)C5)c(C(F)(F)F)cc4=O)c3)nn(C)c2C)cc(C)c1F. The first-order valence-corrected chi connectivity index (χ1v) is 20.5. The molecule has 2 aromatic heterocycles. The maximum atomic E-state index is 16.1. The molecule has 0 aliphatic carbocycles. The normalized spacial score (nSPS) is 14.7. The van der Waals surface area contributed by atoms with Gasteiger partial charge < -0.3 is 24.3 Å². The summed E-state index contributed by atoms with van der Waals surface area (Å²) in [5, 5.41) is 7.05. The topological polar surface area (TPSA) is 143 Å². The van der Waals surface area contributed by atoms with Gasteiger partial charge in [-0.3, -0.25) is 23.7 Å². The van der Waals surface area contributed by atoms with Gasteiger partial charge in [0.1, 0.15) is 34.8 Å². The van der Waals surface area contributed by atoms with Crippen molar-refractivity contribution in [2.75, 3.05) is 26.2 Å². The van der Waals surface area contributed by atoms with E-state index in [4.69, 9.17) is 18.9 Å². The monoisotopic (exact) mass is 905 g/mol. The number of hydrogen-bond donors (Lipinski definition) is 1. The number of alkyl halides is 4. The maximum absolute atomic E-state index is 16.1. The van der Waals surface area contributed by atoms with Gasteiger partial charge in [-0.25, -0.2) is 22.8 Å². The van der Waals surface area contributed by atoms with Crippen molar-refractivity contribution in [3.05, 3.63) is 98.1 Å². The van der Waals surface area contributed by atoms with Crippen LogP contribution in [0.25, 0.3) is 11.1 Å². The summed E-state index contributed by atoms with van der Waals surface area (Å²) < 4.78 is 113. The Kier molecular flexibility index (Phi) is 14.7. The number of ether oxygens (including phenoxy) is 4. The molecule has 0 bridgehead atoms. The van der Waals surface area contributed by atoms with Crippen molar-refractivity contribution >= 4 is 18.0 Å². The van der Waals surface area contributed by atoms with Crippen LogP contribution in [0.4, 0.5) is 31.1 Å². The van der Waals surface area contributed by atoms with Crippen molar-refractivity contribution in [3.8, 4) is 22.8 Å². The van der Waals surface area contributed by atoms with Gasteiger partial charge in [0.15, 0.2) is 6.04 Å². The highest BCUT2D eigenvalue weighted by atomic mass is 19.4. The van der Waals surface area contributed by atoms with Crippen molar-refractivity contribution in [1.29, 1.82) is 0 Å². The number of nitrogens with zero attached hydrogens (tertiary/aromatic N) is 4. The van der Waals surface area contributed by atoms with Gasteiger partial charge in [0, 0.05) is 55.8 Å². The lowest BCUT2D eigenvalue weighted by atomic mass is 9.94. The van der Waals surface area contributed by atoms with E-state index in [1.807, 2.05) is 0 Å². The van der Waals surface area contributed by atoms with Crippen LogP contribution in [0.15, 0.2) is 47.4 Å². The molecule has 3 heterocycles. The number of amides is 1. The molecule has 1 saturated heterocycles. The number of aromatic nitrogens is 3. The number of alkyl carbamates (subject to hydrolysis) is 1. The fraction of sp³-hybridized carbons (Fsp3) is 0.489. The zero-order chi connectivity index (χ0) is 47.6. The summed E-state index contributed by atoms with van der Waals surface area (Å²) in [7, 11) is 1.59. The summed E-state index contributed by atoms with van der Waals surface area (Å²) in [6.07, 6.45) is -6.88. The van der Waals surface area contributed by atoms with Crippen LogP contribution in [0.1, 0.15) is 100 Å². The minimum absolute atomic E-state index is 0.0176. The Bertz CT molecular complexity index is 2450. The number of hydrogen-bond acceptors (Lipinski definition) is 10. The first-order chi connectivity index (χ1) is 29.6. The van der Waals surface area contributed by atoms with E-state index >= 15 is 8.78 Å². The van der Waals surface area contributed by atoms with Gasteiger partial charge in [-0.1, -0.05) is 0 Å². The molecule has 19 heteroatoms. The Morgan fingerprint density at radius 2 is 1.59 bits per heavy atom. The van der Waals surface area contributed by atoms with Crippen molar-refractivity contribution in [3.63, 3.8) is 0 Å². The Hall–Kier alpha value is -5.85. The van der Waals surface area contributed by atoms with Crippen LogP contribution >= 0.6 is 0 Å². The molecular weight excluding hydrogens is 853 g/mol. The highest BCUT2D eigenvalue weighted by molar-refractivity contribution is 5.79. The van der Waals surface area contributed by atoms with Crippen molar-refractivity contribution < 1.29 is 59.7 Å². The zero-order valence-electron chi connectivity index (χ0n) is 37.3. The van der Waals surface area contributed by atoms with E-state index in [2.05, 4.69) is 10.4 Å². The highest BCUT2D eigenvalue weighted by Gasteiger charge is 2.38.